The molecule has 0 N–H and O–H groups in total. The third-order valence-corrected chi connectivity index (χ3v) is 4.90. The minimum atomic E-state index is -0.137. The molecule has 1 aliphatic carbocycles. The first-order chi connectivity index (χ1) is 9.76. The summed E-state index contributed by atoms with van der Waals surface area (Å²) in [4.78, 5) is 2.57. The molecule has 1 aromatic rings. The van der Waals surface area contributed by atoms with Crippen molar-refractivity contribution >= 4 is 0 Å². The molecule has 0 bridgehead atoms. The fourth-order valence-electron chi connectivity index (χ4n) is 3.64. The van der Waals surface area contributed by atoms with Crippen LogP contribution in [0.1, 0.15) is 43.6 Å². The van der Waals surface area contributed by atoms with Crippen LogP contribution >= 0.6 is 0 Å². The van der Waals surface area contributed by atoms with E-state index in [9.17, 15) is 4.39 Å². The molecule has 0 unspecified atom stereocenters. The van der Waals surface area contributed by atoms with Gasteiger partial charge < -0.3 is 4.74 Å². The lowest BCUT2D eigenvalue weighted by Crippen LogP contribution is -2.36. The van der Waals surface area contributed by atoms with E-state index in [0.29, 0.717) is 12.0 Å². The summed E-state index contributed by atoms with van der Waals surface area (Å²) in [5.41, 5.74) is 1.30. The second kappa shape index (κ2) is 6.23. The van der Waals surface area contributed by atoms with Gasteiger partial charge in [-0.15, -0.1) is 0 Å². The Morgan fingerprint density at radius 3 is 2.40 bits per heavy atom. The first-order valence-corrected chi connectivity index (χ1v) is 7.64. The molecule has 1 radical (unpaired) electrons. The number of rotatable bonds is 3. The third kappa shape index (κ3) is 3.04. The zero-order valence-electron chi connectivity index (χ0n) is 12.1. The lowest BCUT2D eigenvalue weighted by atomic mass is 9.81. The molecule has 3 rings (SSSR count). The minimum Gasteiger partial charge on any atom is -0.374 e. The smallest absolute Gasteiger partial charge is 0.123 e. The van der Waals surface area contributed by atoms with Gasteiger partial charge in [0.05, 0.1) is 0 Å². The average molecular weight is 276 g/mol. The van der Waals surface area contributed by atoms with Crippen molar-refractivity contribution < 1.29 is 9.13 Å². The van der Waals surface area contributed by atoms with Crippen LogP contribution in [0, 0.1) is 11.9 Å². The van der Waals surface area contributed by atoms with Gasteiger partial charge in [0.15, 0.2) is 0 Å². The van der Waals surface area contributed by atoms with Crippen molar-refractivity contribution in [1.29, 1.82) is 0 Å². The van der Waals surface area contributed by atoms with Crippen LogP contribution in [-0.2, 0) is 4.74 Å². The van der Waals surface area contributed by atoms with Gasteiger partial charge in [-0.3, -0.25) is 4.90 Å². The number of nitrogens with zero attached hydrogens (tertiary/aromatic N) is 1. The Hall–Kier alpha value is -0.930. The molecule has 2 aliphatic rings. The number of methoxy groups -OCH3 is 1. The molecule has 0 atom stereocenters. The number of likely N-dealkylation sites (tertiary alicyclic amines) is 1. The van der Waals surface area contributed by atoms with Crippen LogP contribution in [0.15, 0.2) is 24.3 Å². The van der Waals surface area contributed by atoms with E-state index in [4.69, 9.17) is 4.74 Å². The lowest BCUT2D eigenvalue weighted by Gasteiger charge is -2.34. The van der Waals surface area contributed by atoms with Gasteiger partial charge in [-0.25, -0.2) is 4.39 Å². The van der Waals surface area contributed by atoms with Crippen molar-refractivity contribution in [3.8, 4) is 0 Å². The van der Waals surface area contributed by atoms with Crippen molar-refractivity contribution in [3.05, 3.63) is 41.8 Å². The van der Waals surface area contributed by atoms with E-state index in [2.05, 4.69) is 4.90 Å². The quantitative estimate of drug-likeness (QED) is 0.834. The first kappa shape index (κ1) is 14.0. The van der Waals surface area contributed by atoms with Gasteiger partial charge in [0.25, 0.3) is 0 Å². The van der Waals surface area contributed by atoms with E-state index < -0.39 is 0 Å². The molecule has 2 fully saturated rings. The van der Waals surface area contributed by atoms with Crippen LogP contribution in [0.3, 0.4) is 0 Å². The van der Waals surface area contributed by atoms with Crippen LogP contribution in [0.5, 0.6) is 0 Å². The van der Waals surface area contributed by atoms with E-state index in [1.165, 1.54) is 37.4 Å². The summed E-state index contributed by atoms with van der Waals surface area (Å²) < 4.78 is 18.3. The summed E-state index contributed by atoms with van der Waals surface area (Å²) in [6.07, 6.45) is 7.25. The van der Waals surface area contributed by atoms with E-state index >= 15 is 0 Å². The fourth-order valence-corrected chi connectivity index (χ4v) is 3.64. The number of halogens is 1. The second-order valence-corrected chi connectivity index (χ2v) is 6.02. The topological polar surface area (TPSA) is 12.5 Å². The minimum absolute atomic E-state index is 0.137. The first-order valence-electron chi connectivity index (χ1n) is 7.64. The maximum absolute atomic E-state index is 13.0. The summed E-state index contributed by atoms with van der Waals surface area (Å²) in [5.74, 6) is 0.475. The van der Waals surface area contributed by atoms with Gasteiger partial charge in [0, 0.05) is 26.2 Å². The van der Waals surface area contributed by atoms with Crippen LogP contribution < -0.4 is 0 Å². The number of benzene rings is 1. The molecular formula is C17H23FNO. The Balaban J connectivity index is 1.53. The number of hydrogen-bond donors (Lipinski definition) is 0. The summed E-state index contributed by atoms with van der Waals surface area (Å²) in [7, 11) is 1.78. The molecule has 20 heavy (non-hydrogen) atoms. The normalized spacial score (nSPS) is 28.9. The SMILES string of the molecule is CO[C]1CCN(C2CCC(c3ccc(F)cc3)CC2)C1. The molecule has 109 valence electrons. The Labute approximate surface area is 120 Å². The largest absolute Gasteiger partial charge is 0.374 e. The van der Waals surface area contributed by atoms with Crippen molar-refractivity contribution in [1.82, 2.24) is 4.90 Å². The van der Waals surface area contributed by atoms with Gasteiger partial charge >= 0.3 is 0 Å². The summed E-state index contributed by atoms with van der Waals surface area (Å²) in [6.45, 7) is 2.16. The standard InChI is InChI=1S/C17H23FNO/c1-20-17-10-11-19(12-17)16-8-4-14(5-9-16)13-2-6-15(18)7-3-13/h2-3,6-7,14,16H,4-5,8-12H2,1H3. The molecule has 1 heterocycles. The van der Waals surface area contributed by atoms with Gasteiger partial charge in [0.1, 0.15) is 11.9 Å². The van der Waals surface area contributed by atoms with Crippen molar-refractivity contribution in [2.24, 2.45) is 0 Å². The van der Waals surface area contributed by atoms with Crippen molar-refractivity contribution in [3.63, 3.8) is 0 Å². The maximum atomic E-state index is 13.0. The highest BCUT2D eigenvalue weighted by Gasteiger charge is 2.32. The molecule has 1 aliphatic heterocycles. The van der Waals surface area contributed by atoms with Crippen molar-refractivity contribution in [2.75, 3.05) is 20.2 Å². The van der Waals surface area contributed by atoms with Gasteiger partial charge in [0.2, 0.25) is 0 Å². The summed E-state index contributed by atoms with van der Waals surface area (Å²) in [6, 6.07) is 7.78. The second-order valence-electron chi connectivity index (χ2n) is 6.02. The van der Waals surface area contributed by atoms with E-state index in [1.54, 1.807) is 19.2 Å². The fraction of sp³-hybridized carbons (Fsp3) is 0.588. The maximum Gasteiger partial charge on any atom is 0.123 e. The molecule has 0 amide bonds. The molecule has 1 aromatic carbocycles. The zero-order valence-corrected chi connectivity index (χ0v) is 12.1. The molecule has 1 saturated heterocycles. The number of ether oxygens (including phenoxy) is 1. The van der Waals surface area contributed by atoms with Crippen LogP contribution in [0.25, 0.3) is 0 Å². The summed E-state index contributed by atoms with van der Waals surface area (Å²) in [5, 5.41) is 0. The van der Waals surface area contributed by atoms with E-state index in [0.717, 1.165) is 19.5 Å². The zero-order chi connectivity index (χ0) is 13.9. The van der Waals surface area contributed by atoms with Gasteiger partial charge in [-0.2, -0.15) is 0 Å². The van der Waals surface area contributed by atoms with Crippen LogP contribution in [0.2, 0.25) is 0 Å². The Morgan fingerprint density at radius 2 is 1.80 bits per heavy atom. The Morgan fingerprint density at radius 1 is 1.10 bits per heavy atom. The molecule has 2 nitrogen and oxygen atoms in total. The molecule has 1 saturated carbocycles. The third-order valence-electron chi connectivity index (χ3n) is 4.90. The lowest BCUT2D eigenvalue weighted by molar-refractivity contribution is 0.155. The van der Waals surface area contributed by atoms with Gasteiger partial charge in [-0.05, 0) is 55.7 Å². The van der Waals surface area contributed by atoms with E-state index in [1.807, 2.05) is 12.1 Å². The Bertz CT molecular complexity index is 425. The molecule has 0 aromatic heterocycles. The molecule has 0 spiro atoms. The average Bonchev–Trinajstić information content (AvgIpc) is 2.97. The predicted octanol–water partition coefficient (Wildman–Crippen LogP) is 3.74. The molecular weight excluding hydrogens is 253 g/mol. The van der Waals surface area contributed by atoms with Crippen molar-refractivity contribution in [2.45, 2.75) is 44.1 Å². The Kier molecular flexibility index (Phi) is 4.37. The highest BCUT2D eigenvalue weighted by atomic mass is 19.1. The number of hydrogen-bond acceptors (Lipinski definition) is 2. The van der Waals surface area contributed by atoms with E-state index in [-0.39, 0.29) is 5.82 Å². The summed E-state index contributed by atoms with van der Waals surface area (Å²) >= 11 is 0. The molecule has 3 heteroatoms. The van der Waals surface area contributed by atoms with Gasteiger partial charge in [-0.1, -0.05) is 12.1 Å². The van der Waals surface area contributed by atoms with Crippen LogP contribution in [0.4, 0.5) is 4.39 Å². The highest BCUT2D eigenvalue weighted by molar-refractivity contribution is 5.21. The monoisotopic (exact) mass is 276 g/mol. The predicted molar refractivity (Wildman–Crippen MR) is 77.8 cm³/mol. The highest BCUT2D eigenvalue weighted by Crippen LogP contribution is 2.36. The van der Waals surface area contributed by atoms with Crippen LogP contribution in [-0.4, -0.2) is 31.1 Å².